The van der Waals surface area contributed by atoms with Gasteiger partial charge in [0.2, 0.25) is 0 Å². The molecule has 0 aliphatic rings. The lowest BCUT2D eigenvalue weighted by Crippen LogP contribution is -2.20. The Hall–Kier alpha value is -2.31. The zero-order chi connectivity index (χ0) is 16.1. The van der Waals surface area contributed by atoms with Crippen LogP contribution in [0.3, 0.4) is 0 Å². The van der Waals surface area contributed by atoms with Gasteiger partial charge in [0.1, 0.15) is 0 Å². The number of benzene rings is 2. The molecule has 0 radical (unpaired) electrons. The molecule has 0 saturated carbocycles. The summed E-state index contributed by atoms with van der Waals surface area (Å²) in [6.07, 6.45) is 0. The lowest BCUT2D eigenvalue weighted by Gasteiger charge is -2.09. The molecule has 1 N–H and O–H groups in total. The number of carbonyl (C=O) groups excluding carboxylic acids is 1. The number of nitro benzene ring substituents is 1. The Morgan fingerprint density at radius 2 is 1.95 bits per heavy atom. The van der Waals surface area contributed by atoms with Crippen molar-refractivity contribution in [1.82, 2.24) is 0 Å². The van der Waals surface area contributed by atoms with Crippen LogP contribution in [0.2, 0.25) is 10.0 Å². The highest BCUT2D eigenvalue weighted by molar-refractivity contribution is 6.35. The van der Waals surface area contributed by atoms with Crippen molar-refractivity contribution in [2.45, 2.75) is 0 Å². The van der Waals surface area contributed by atoms with Gasteiger partial charge >= 0.3 is 5.69 Å². The summed E-state index contributed by atoms with van der Waals surface area (Å²) >= 11 is 11.7. The average molecular weight is 341 g/mol. The van der Waals surface area contributed by atoms with Gasteiger partial charge in [-0.3, -0.25) is 14.9 Å². The number of nitrogens with one attached hydrogen (secondary N) is 1. The number of hydrogen-bond donors (Lipinski definition) is 1. The van der Waals surface area contributed by atoms with Gasteiger partial charge in [-0.05, 0) is 24.3 Å². The van der Waals surface area contributed by atoms with Gasteiger partial charge in [0.05, 0.1) is 15.6 Å². The van der Waals surface area contributed by atoms with Crippen LogP contribution < -0.4 is 10.1 Å². The summed E-state index contributed by atoms with van der Waals surface area (Å²) in [5, 5.41) is 14.1. The minimum Gasteiger partial charge on any atom is -0.477 e. The van der Waals surface area contributed by atoms with Crippen LogP contribution in [0, 0.1) is 10.1 Å². The SMILES string of the molecule is O=C(COc1ccccc1[N+](=O)[O-])Nc1cc(Cl)ccc1Cl. The lowest BCUT2D eigenvalue weighted by molar-refractivity contribution is -0.385. The quantitative estimate of drug-likeness (QED) is 0.660. The molecule has 0 bridgehead atoms. The van der Waals surface area contributed by atoms with Crippen molar-refractivity contribution in [1.29, 1.82) is 0 Å². The normalized spacial score (nSPS) is 10.1. The van der Waals surface area contributed by atoms with E-state index in [9.17, 15) is 14.9 Å². The van der Waals surface area contributed by atoms with Crippen molar-refractivity contribution in [2.75, 3.05) is 11.9 Å². The first-order valence-electron chi connectivity index (χ1n) is 6.08. The minimum absolute atomic E-state index is 0.0137. The molecule has 8 heteroatoms. The van der Waals surface area contributed by atoms with E-state index in [0.717, 1.165) is 0 Å². The molecule has 2 aromatic carbocycles. The Bertz CT molecular complexity index is 722. The van der Waals surface area contributed by atoms with Gasteiger partial charge in [-0.2, -0.15) is 0 Å². The third-order valence-electron chi connectivity index (χ3n) is 2.62. The summed E-state index contributed by atoms with van der Waals surface area (Å²) in [6.45, 7) is -0.395. The fourth-order valence-electron chi connectivity index (χ4n) is 1.65. The van der Waals surface area contributed by atoms with Crippen LogP contribution in [0.5, 0.6) is 5.75 Å². The van der Waals surface area contributed by atoms with E-state index in [4.69, 9.17) is 27.9 Å². The highest BCUT2D eigenvalue weighted by Gasteiger charge is 2.15. The Labute approximate surface area is 135 Å². The third-order valence-corrected chi connectivity index (χ3v) is 3.19. The Kier molecular flexibility index (Phi) is 5.19. The first-order chi connectivity index (χ1) is 10.5. The molecule has 0 aromatic heterocycles. The highest BCUT2D eigenvalue weighted by Crippen LogP contribution is 2.27. The third kappa shape index (κ3) is 4.09. The van der Waals surface area contributed by atoms with Gasteiger partial charge in [-0.1, -0.05) is 35.3 Å². The van der Waals surface area contributed by atoms with Gasteiger partial charge in [-0.25, -0.2) is 0 Å². The van der Waals surface area contributed by atoms with E-state index in [2.05, 4.69) is 5.32 Å². The monoisotopic (exact) mass is 340 g/mol. The summed E-state index contributed by atoms with van der Waals surface area (Å²) in [4.78, 5) is 22.1. The zero-order valence-corrected chi connectivity index (χ0v) is 12.6. The molecule has 0 unspecified atom stereocenters. The molecule has 2 rings (SSSR count). The van der Waals surface area contributed by atoms with Crippen molar-refractivity contribution in [3.63, 3.8) is 0 Å². The van der Waals surface area contributed by atoms with Crippen molar-refractivity contribution in [2.24, 2.45) is 0 Å². The topological polar surface area (TPSA) is 81.5 Å². The van der Waals surface area contributed by atoms with Gasteiger partial charge in [0.25, 0.3) is 5.91 Å². The van der Waals surface area contributed by atoms with E-state index in [0.29, 0.717) is 15.7 Å². The molecule has 22 heavy (non-hydrogen) atoms. The summed E-state index contributed by atoms with van der Waals surface area (Å²) in [5.74, 6) is -0.498. The maximum Gasteiger partial charge on any atom is 0.310 e. The molecule has 1 amide bonds. The summed E-state index contributed by atoms with van der Waals surface area (Å²) in [7, 11) is 0. The summed E-state index contributed by atoms with van der Waals surface area (Å²) in [6, 6.07) is 10.4. The van der Waals surface area contributed by atoms with Crippen LogP contribution in [0.1, 0.15) is 0 Å². The molecule has 6 nitrogen and oxygen atoms in total. The predicted molar refractivity (Wildman–Crippen MR) is 83.7 cm³/mol. The molecule has 0 atom stereocenters. The lowest BCUT2D eigenvalue weighted by atomic mass is 10.3. The first kappa shape index (κ1) is 16.1. The Balaban J connectivity index is 2.02. The van der Waals surface area contributed by atoms with Crippen molar-refractivity contribution in [3.8, 4) is 5.75 Å². The largest absolute Gasteiger partial charge is 0.477 e. The van der Waals surface area contributed by atoms with E-state index in [1.165, 1.54) is 24.3 Å². The Morgan fingerprint density at radius 1 is 1.23 bits per heavy atom. The second-order valence-corrected chi connectivity index (χ2v) is 5.03. The van der Waals surface area contributed by atoms with Crippen LogP contribution in [0.4, 0.5) is 11.4 Å². The highest BCUT2D eigenvalue weighted by atomic mass is 35.5. The summed E-state index contributed by atoms with van der Waals surface area (Å²) < 4.78 is 5.17. The molecule has 0 fully saturated rings. The number of carbonyl (C=O) groups is 1. The number of ether oxygens (including phenoxy) is 1. The maximum absolute atomic E-state index is 11.8. The van der Waals surface area contributed by atoms with E-state index in [1.807, 2.05) is 0 Å². The molecule has 0 saturated heterocycles. The number of nitro groups is 1. The second kappa shape index (κ2) is 7.11. The van der Waals surface area contributed by atoms with Crippen molar-refractivity contribution in [3.05, 3.63) is 62.6 Å². The molecule has 0 heterocycles. The first-order valence-corrected chi connectivity index (χ1v) is 6.84. The minimum atomic E-state index is -0.582. The number of hydrogen-bond acceptors (Lipinski definition) is 4. The van der Waals surface area contributed by atoms with E-state index in [1.54, 1.807) is 18.2 Å². The maximum atomic E-state index is 11.8. The predicted octanol–water partition coefficient (Wildman–Crippen LogP) is 3.92. The van der Waals surface area contributed by atoms with Gasteiger partial charge in [0, 0.05) is 11.1 Å². The second-order valence-electron chi connectivity index (χ2n) is 4.19. The fourth-order valence-corrected chi connectivity index (χ4v) is 1.99. The Morgan fingerprint density at radius 3 is 2.68 bits per heavy atom. The molecule has 114 valence electrons. The molecular formula is C14H10Cl2N2O4. The van der Waals surface area contributed by atoms with Crippen LogP contribution in [-0.4, -0.2) is 17.4 Å². The molecule has 0 aliphatic carbocycles. The van der Waals surface area contributed by atoms with Crippen LogP contribution in [-0.2, 0) is 4.79 Å². The van der Waals surface area contributed by atoms with Gasteiger partial charge in [-0.15, -0.1) is 0 Å². The number of nitrogens with zero attached hydrogens (tertiary/aromatic N) is 1. The zero-order valence-electron chi connectivity index (χ0n) is 11.1. The van der Waals surface area contributed by atoms with Crippen molar-refractivity contribution < 1.29 is 14.5 Å². The number of rotatable bonds is 5. The van der Waals surface area contributed by atoms with E-state index < -0.39 is 17.4 Å². The van der Waals surface area contributed by atoms with Crippen LogP contribution >= 0.6 is 23.2 Å². The van der Waals surface area contributed by atoms with Crippen LogP contribution in [0.25, 0.3) is 0 Å². The number of para-hydroxylation sites is 2. The summed E-state index contributed by atoms with van der Waals surface area (Å²) in [5.41, 5.74) is 0.126. The van der Waals surface area contributed by atoms with Gasteiger partial charge < -0.3 is 10.1 Å². The smallest absolute Gasteiger partial charge is 0.310 e. The molecule has 0 aliphatic heterocycles. The average Bonchev–Trinajstić information content (AvgIpc) is 2.49. The fraction of sp³-hybridized carbons (Fsp3) is 0.0714. The van der Waals surface area contributed by atoms with Crippen molar-refractivity contribution >= 4 is 40.5 Å². The number of halogens is 2. The van der Waals surface area contributed by atoms with E-state index in [-0.39, 0.29) is 11.4 Å². The molecule has 2 aromatic rings. The van der Waals surface area contributed by atoms with E-state index >= 15 is 0 Å². The molecule has 0 spiro atoms. The number of anilines is 1. The standard InChI is InChI=1S/C14H10Cl2N2O4/c15-9-5-6-10(16)11(7-9)17-14(19)8-22-13-4-2-1-3-12(13)18(20)21/h1-7H,8H2,(H,17,19). The molecular weight excluding hydrogens is 331 g/mol. The number of amides is 1. The van der Waals surface area contributed by atoms with Gasteiger partial charge in [0.15, 0.2) is 12.4 Å². The van der Waals surface area contributed by atoms with Crippen LogP contribution in [0.15, 0.2) is 42.5 Å².